The molecule has 2 rings (SSSR count). The predicted octanol–water partition coefficient (Wildman–Crippen LogP) is 0.530. The lowest BCUT2D eigenvalue weighted by atomic mass is 10.1. The Morgan fingerprint density at radius 1 is 1.24 bits per heavy atom. The minimum atomic E-state index is 0.0117. The molecule has 2 amide bonds. The van der Waals surface area contributed by atoms with Crippen molar-refractivity contribution in [2.24, 2.45) is 0 Å². The van der Waals surface area contributed by atoms with Crippen molar-refractivity contribution in [3.63, 3.8) is 0 Å². The van der Waals surface area contributed by atoms with E-state index in [9.17, 15) is 9.59 Å². The first-order valence-corrected chi connectivity index (χ1v) is 5.72. The minimum Gasteiger partial charge on any atom is -0.342 e. The van der Waals surface area contributed by atoms with E-state index in [4.69, 9.17) is 0 Å². The van der Waals surface area contributed by atoms with Gasteiger partial charge in [0, 0.05) is 20.1 Å². The summed E-state index contributed by atoms with van der Waals surface area (Å²) >= 11 is 0. The molecule has 1 aliphatic heterocycles. The molecule has 4 nitrogen and oxygen atoms in total. The predicted molar refractivity (Wildman–Crippen MR) is 64.4 cm³/mol. The van der Waals surface area contributed by atoms with Crippen LogP contribution in [-0.2, 0) is 16.0 Å². The van der Waals surface area contributed by atoms with E-state index in [1.165, 1.54) is 0 Å². The van der Waals surface area contributed by atoms with Crippen LogP contribution in [0.3, 0.4) is 0 Å². The zero-order valence-electron chi connectivity index (χ0n) is 9.93. The standard InChI is InChI=1S/C13H16N2O2/c1-14-7-8-15(10-13(14)17)12(16)9-11-5-3-2-4-6-11/h2-6H,7-10H2,1H3. The molecular weight excluding hydrogens is 216 g/mol. The topological polar surface area (TPSA) is 40.6 Å². The van der Waals surface area contributed by atoms with Crippen LogP contribution in [0.2, 0.25) is 0 Å². The van der Waals surface area contributed by atoms with Crippen molar-refractivity contribution >= 4 is 11.8 Å². The van der Waals surface area contributed by atoms with Gasteiger partial charge in [-0.15, -0.1) is 0 Å². The van der Waals surface area contributed by atoms with Crippen molar-refractivity contribution in [3.05, 3.63) is 35.9 Å². The van der Waals surface area contributed by atoms with Crippen LogP contribution in [0.15, 0.2) is 30.3 Å². The van der Waals surface area contributed by atoms with E-state index in [-0.39, 0.29) is 18.4 Å². The monoisotopic (exact) mass is 232 g/mol. The number of likely N-dealkylation sites (N-methyl/N-ethyl adjacent to an activating group) is 1. The van der Waals surface area contributed by atoms with Gasteiger partial charge in [0.05, 0.1) is 13.0 Å². The highest BCUT2D eigenvalue weighted by atomic mass is 16.2. The summed E-state index contributed by atoms with van der Waals surface area (Å²) in [5.41, 5.74) is 0.990. The minimum absolute atomic E-state index is 0.0117. The lowest BCUT2D eigenvalue weighted by Gasteiger charge is -2.32. The summed E-state index contributed by atoms with van der Waals surface area (Å²) in [4.78, 5) is 26.8. The van der Waals surface area contributed by atoms with Gasteiger partial charge in [-0.2, -0.15) is 0 Å². The molecule has 1 aliphatic rings. The molecule has 90 valence electrons. The Kier molecular flexibility index (Phi) is 3.42. The van der Waals surface area contributed by atoms with Crippen LogP contribution in [-0.4, -0.2) is 48.3 Å². The quantitative estimate of drug-likeness (QED) is 0.746. The number of amides is 2. The second kappa shape index (κ2) is 4.99. The molecule has 0 bridgehead atoms. The van der Waals surface area contributed by atoms with Crippen LogP contribution in [0.1, 0.15) is 5.56 Å². The van der Waals surface area contributed by atoms with Gasteiger partial charge in [-0.25, -0.2) is 0 Å². The molecule has 0 aliphatic carbocycles. The number of hydrogen-bond acceptors (Lipinski definition) is 2. The first kappa shape index (κ1) is 11.6. The molecule has 1 aromatic carbocycles. The third-order valence-corrected chi connectivity index (χ3v) is 3.01. The average molecular weight is 232 g/mol. The van der Waals surface area contributed by atoms with E-state index in [0.29, 0.717) is 19.5 Å². The van der Waals surface area contributed by atoms with Gasteiger partial charge >= 0.3 is 0 Å². The second-order valence-corrected chi connectivity index (χ2v) is 4.29. The molecule has 0 atom stereocenters. The SMILES string of the molecule is CN1CCN(C(=O)Cc2ccccc2)CC1=O. The lowest BCUT2D eigenvalue weighted by molar-refractivity contribution is -0.143. The fraction of sp³-hybridized carbons (Fsp3) is 0.385. The van der Waals surface area contributed by atoms with Crippen LogP contribution in [0.4, 0.5) is 0 Å². The Morgan fingerprint density at radius 3 is 2.59 bits per heavy atom. The van der Waals surface area contributed by atoms with Crippen LogP contribution >= 0.6 is 0 Å². The van der Waals surface area contributed by atoms with Crippen molar-refractivity contribution in [2.75, 3.05) is 26.7 Å². The van der Waals surface area contributed by atoms with Crippen molar-refractivity contribution in [1.82, 2.24) is 9.80 Å². The highest BCUT2D eigenvalue weighted by molar-refractivity contribution is 5.86. The molecule has 1 heterocycles. The average Bonchev–Trinajstić information content (AvgIpc) is 2.34. The van der Waals surface area contributed by atoms with Crippen molar-refractivity contribution in [3.8, 4) is 0 Å². The fourth-order valence-corrected chi connectivity index (χ4v) is 1.85. The summed E-state index contributed by atoms with van der Waals surface area (Å²) in [6.07, 6.45) is 0.373. The lowest BCUT2D eigenvalue weighted by Crippen LogP contribution is -2.51. The number of carbonyl (C=O) groups is 2. The van der Waals surface area contributed by atoms with E-state index >= 15 is 0 Å². The number of nitrogens with zero attached hydrogens (tertiary/aromatic N) is 2. The van der Waals surface area contributed by atoms with Crippen LogP contribution in [0, 0.1) is 0 Å². The zero-order chi connectivity index (χ0) is 12.3. The third-order valence-electron chi connectivity index (χ3n) is 3.01. The normalized spacial score (nSPS) is 16.2. The molecule has 0 N–H and O–H groups in total. The Bertz CT molecular complexity index is 417. The highest BCUT2D eigenvalue weighted by Gasteiger charge is 2.24. The van der Waals surface area contributed by atoms with Gasteiger partial charge in [-0.05, 0) is 5.56 Å². The molecular formula is C13H16N2O2. The smallest absolute Gasteiger partial charge is 0.241 e. The second-order valence-electron chi connectivity index (χ2n) is 4.29. The molecule has 1 fully saturated rings. The summed E-state index contributed by atoms with van der Waals surface area (Å²) in [6, 6.07) is 9.61. The van der Waals surface area contributed by atoms with Gasteiger partial charge in [0.15, 0.2) is 0 Å². The summed E-state index contributed by atoms with van der Waals surface area (Å²) < 4.78 is 0. The van der Waals surface area contributed by atoms with Gasteiger partial charge in [0.2, 0.25) is 11.8 Å². The van der Waals surface area contributed by atoms with Gasteiger partial charge in [0.25, 0.3) is 0 Å². The summed E-state index contributed by atoms with van der Waals surface area (Å²) in [5.74, 6) is 0.0373. The maximum atomic E-state index is 12.0. The van der Waals surface area contributed by atoms with Gasteiger partial charge in [-0.1, -0.05) is 30.3 Å². The molecule has 17 heavy (non-hydrogen) atoms. The number of hydrogen-bond donors (Lipinski definition) is 0. The first-order valence-electron chi connectivity index (χ1n) is 5.72. The maximum absolute atomic E-state index is 12.0. The van der Waals surface area contributed by atoms with E-state index in [0.717, 1.165) is 5.56 Å². The zero-order valence-corrected chi connectivity index (χ0v) is 9.93. The summed E-state index contributed by atoms with van der Waals surface area (Å²) in [5, 5.41) is 0. The van der Waals surface area contributed by atoms with E-state index in [1.54, 1.807) is 16.8 Å². The first-order chi connectivity index (χ1) is 8.16. The summed E-state index contributed by atoms with van der Waals surface area (Å²) in [7, 11) is 1.77. The Morgan fingerprint density at radius 2 is 1.94 bits per heavy atom. The molecule has 0 aromatic heterocycles. The summed E-state index contributed by atoms with van der Waals surface area (Å²) in [6.45, 7) is 1.47. The van der Waals surface area contributed by atoms with Crippen molar-refractivity contribution < 1.29 is 9.59 Å². The molecule has 1 saturated heterocycles. The molecule has 1 aromatic rings. The number of rotatable bonds is 2. The fourth-order valence-electron chi connectivity index (χ4n) is 1.85. The largest absolute Gasteiger partial charge is 0.342 e. The number of carbonyl (C=O) groups excluding carboxylic acids is 2. The van der Waals surface area contributed by atoms with Crippen LogP contribution < -0.4 is 0 Å². The number of piperazine rings is 1. The van der Waals surface area contributed by atoms with E-state index in [2.05, 4.69) is 0 Å². The van der Waals surface area contributed by atoms with Gasteiger partial charge in [0.1, 0.15) is 0 Å². The Labute approximate surface area is 101 Å². The maximum Gasteiger partial charge on any atom is 0.241 e. The third kappa shape index (κ3) is 2.84. The molecule has 0 radical (unpaired) electrons. The van der Waals surface area contributed by atoms with Crippen molar-refractivity contribution in [1.29, 1.82) is 0 Å². The Hall–Kier alpha value is -1.84. The van der Waals surface area contributed by atoms with E-state index in [1.807, 2.05) is 30.3 Å². The Balaban J connectivity index is 1.95. The van der Waals surface area contributed by atoms with Gasteiger partial charge in [-0.3, -0.25) is 9.59 Å². The van der Waals surface area contributed by atoms with Gasteiger partial charge < -0.3 is 9.80 Å². The van der Waals surface area contributed by atoms with Crippen LogP contribution in [0.25, 0.3) is 0 Å². The molecule has 0 saturated carbocycles. The van der Waals surface area contributed by atoms with Crippen molar-refractivity contribution in [2.45, 2.75) is 6.42 Å². The molecule has 0 unspecified atom stereocenters. The molecule has 4 heteroatoms. The number of benzene rings is 1. The van der Waals surface area contributed by atoms with Crippen LogP contribution in [0.5, 0.6) is 0 Å². The molecule has 0 spiro atoms. The highest BCUT2D eigenvalue weighted by Crippen LogP contribution is 2.06. The van der Waals surface area contributed by atoms with E-state index < -0.39 is 0 Å².